The molecule has 1 aliphatic rings. The van der Waals surface area contributed by atoms with Gasteiger partial charge in [-0.15, -0.1) is 0 Å². The van der Waals surface area contributed by atoms with Crippen LogP contribution in [-0.2, 0) is 14.3 Å². The van der Waals surface area contributed by atoms with Crippen molar-refractivity contribution in [1.29, 1.82) is 0 Å². The van der Waals surface area contributed by atoms with E-state index in [-0.39, 0.29) is 0 Å². The second kappa shape index (κ2) is 2.66. The van der Waals surface area contributed by atoms with Gasteiger partial charge in [0.25, 0.3) is 6.23 Å². The molecular weight excluding hydrogens is 162 g/mol. The largest absolute Gasteiger partial charge is 0.444 e. The topological polar surface area (TPSA) is 67.9 Å². The Morgan fingerprint density at radius 1 is 1.58 bits per heavy atom. The predicted octanol–water partition coefficient (Wildman–Crippen LogP) is 0.394. The number of epoxide rings is 1. The summed E-state index contributed by atoms with van der Waals surface area (Å²) in [6.07, 6.45) is -1.43. The van der Waals surface area contributed by atoms with Crippen LogP contribution >= 0.6 is 0 Å². The molecule has 1 N–H and O–H groups in total. The number of alkyl carbamates (subject to hydrolysis) is 1. The summed E-state index contributed by atoms with van der Waals surface area (Å²) in [4.78, 5) is 21.2. The third-order valence-electron chi connectivity index (χ3n) is 1.04. The average Bonchev–Trinajstić information content (AvgIpc) is 2.40. The van der Waals surface area contributed by atoms with Gasteiger partial charge in [-0.25, -0.2) is 9.59 Å². The van der Waals surface area contributed by atoms with Crippen molar-refractivity contribution in [3.05, 3.63) is 0 Å². The van der Waals surface area contributed by atoms with Gasteiger partial charge in [0.1, 0.15) is 5.60 Å². The normalized spacial score (nSPS) is 21.2. The molecule has 0 spiro atoms. The van der Waals surface area contributed by atoms with Crippen LogP contribution < -0.4 is 5.32 Å². The second-order valence-corrected chi connectivity index (χ2v) is 3.46. The predicted molar refractivity (Wildman–Crippen MR) is 39.2 cm³/mol. The summed E-state index contributed by atoms with van der Waals surface area (Å²) in [7, 11) is 0. The summed E-state index contributed by atoms with van der Waals surface area (Å²) >= 11 is 0. The Morgan fingerprint density at radius 3 is 2.42 bits per heavy atom. The van der Waals surface area contributed by atoms with E-state index in [1.54, 1.807) is 20.8 Å². The van der Waals surface area contributed by atoms with E-state index >= 15 is 0 Å². The maximum atomic E-state index is 10.9. The Morgan fingerprint density at radius 2 is 2.08 bits per heavy atom. The van der Waals surface area contributed by atoms with Crippen molar-refractivity contribution in [1.82, 2.24) is 5.32 Å². The van der Waals surface area contributed by atoms with Gasteiger partial charge in [-0.1, -0.05) is 0 Å². The van der Waals surface area contributed by atoms with Crippen LogP contribution in [0.4, 0.5) is 4.79 Å². The average molecular weight is 173 g/mol. The standard InChI is InChI=1S/C7H11NO4/c1-7(2,3)12-6(10)8-4-5(9)11-4/h4H,1-3H3,(H,8,10). The molecular formula is C7H11NO4. The van der Waals surface area contributed by atoms with Crippen LogP contribution in [0.25, 0.3) is 0 Å². The molecule has 1 atom stereocenters. The summed E-state index contributed by atoms with van der Waals surface area (Å²) in [6, 6.07) is 0. The Kier molecular flexibility index (Phi) is 1.95. The van der Waals surface area contributed by atoms with Crippen LogP contribution in [0.3, 0.4) is 0 Å². The zero-order valence-electron chi connectivity index (χ0n) is 7.21. The summed E-state index contributed by atoms with van der Waals surface area (Å²) in [6.45, 7) is 5.21. The van der Waals surface area contributed by atoms with Crippen molar-refractivity contribution in [2.75, 3.05) is 0 Å². The molecule has 5 nitrogen and oxygen atoms in total. The summed E-state index contributed by atoms with van der Waals surface area (Å²) in [5.41, 5.74) is -0.554. The molecule has 0 aromatic carbocycles. The maximum absolute atomic E-state index is 10.9. The zero-order chi connectivity index (χ0) is 9.35. The Bertz CT molecular complexity index is 218. The minimum absolute atomic E-state index is 0.430. The van der Waals surface area contributed by atoms with E-state index in [2.05, 4.69) is 10.1 Å². The van der Waals surface area contributed by atoms with Crippen LogP contribution in [0.1, 0.15) is 20.8 Å². The molecule has 1 rings (SSSR count). The van der Waals surface area contributed by atoms with Crippen LogP contribution in [0.5, 0.6) is 0 Å². The van der Waals surface area contributed by atoms with E-state index in [9.17, 15) is 9.59 Å². The smallest absolute Gasteiger partial charge is 0.410 e. The number of ether oxygens (including phenoxy) is 2. The molecule has 0 bridgehead atoms. The molecule has 1 aliphatic heterocycles. The van der Waals surface area contributed by atoms with Crippen LogP contribution in [-0.4, -0.2) is 23.9 Å². The van der Waals surface area contributed by atoms with E-state index < -0.39 is 23.9 Å². The van der Waals surface area contributed by atoms with E-state index in [1.807, 2.05) is 0 Å². The number of hydrogen-bond acceptors (Lipinski definition) is 4. The maximum Gasteiger partial charge on any atom is 0.410 e. The number of carbonyl (C=O) groups excluding carboxylic acids is 2. The summed E-state index contributed by atoms with van der Waals surface area (Å²) < 4.78 is 9.21. The number of hydrogen-bond donors (Lipinski definition) is 1. The highest BCUT2D eigenvalue weighted by atomic mass is 16.7. The minimum atomic E-state index is -0.792. The first-order valence-corrected chi connectivity index (χ1v) is 3.58. The zero-order valence-corrected chi connectivity index (χ0v) is 7.21. The van der Waals surface area contributed by atoms with Gasteiger partial charge in [-0.3, -0.25) is 5.32 Å². The van der Waals surface area contributed by atoms with Crippen molar-refractivity contribution in [3.63, 3.8) is 0 Å². The van der Waals surface area contributed by atoms with Crippen LogP contribution in [0, 0.1) is 0 Å². The van der Waals surface area contributed by atoms with Gasteiger partial charge in [0.15, 0.2) is 0 Å². The Balaban J connectivity index is 2.25. The molecule has 0 radical (unpaired) electrons. The van der Waals surface area contributed by atoms with Gasteiger partial charge >= 0.3 is 12.1 Å². The first kappa shape index (κ1) is 8.83. The third kappa shape index (κ3) is 2.77. The highest BCUT2D eigenvalue weighted by Crippen LogP contribution is 2.11. The molecule has 1 saturated heterocycles. The fraction of sp³-hybridized carbons (Fsp3) is 0.714. The lowest BCUT2D eigenvalue weighted by Gasteiger charge is -2.18. The quantitative estimate of drug-likeness (QED) is 0.582. The molecule has 0 saturated carbocycles. The van der Waals surface area contributed by atoms with E-state index in [0.717, 1.165) is 0 Å². The SMILES string of the molecule is CC(C)(C)OC(=O)NC1OC1=O. The highest BCUT2D eigenvalue weighted by Gasteiger charge is 2.40. The molecule has 1 amide bonds. The van der Waals surface area contributed by atoms with E-state index in [1.165, 1.54) is 0 Å². The van der Waals surface area contributed by atoms with Gasteiger partial charge in [0.05, 0.1) is 0 Å². The third-order valence-corrected chi connectivity index (χ3v) is 1.04. The fourth-order valence-corrected chi connectivity index (χ4v) is 0.585. The molecule has 1 fully saturated rings. The van der Waals surface area contributed by atoms with Crippen molar-refractivity contribution in [2.45, 2.75) is 32.6 Å². The second-order valence-electron chi connectivity index (χ2n) is 3.46. The minimum Gasteiger partial charge on any atom is -0.444 e. The first-order chi connectivity index (χ1) is 5.38. The lowest BCUT2D eigenvalue weighted by Crippen LogP contribution is -2.34. The van der Waals surface area contributed by atoms with Crippen molar-refractivity contribution in [2.24, 2.45) is 0 Å². The molecule has 68 valence electrons. The number of nitrogens with one attached hydrogen (secondary N) is 1. The van der Waals surface area contributed by atoms with Crippen LogP contribution in [0.2, 0.25) is 0 Å². The van der Waals surface area contributed by atoms with Gasteiger partial charge in [0, 0.05) is 0 Å². The lowest BCUT2D eigenvalue weighted by atomic mass is 10.2. The Hall–Kier alpha value is -1.26. The van der Waals surface area contributed by atoms with Gasteiger partial charge in [-0.05, 0) is 20.8 Å². The molecule has 1 unspecified atom stereocenters. The molecule has 12 heavy (non-hydrogen) atoms. The fourth-order valence-electron chi connectivity index (χ4n) is 0.585. The molecule has 0 aliphatic carbocycles. The van der Waals surface area contributed by atoms with Crippen molar-refractivity contribution >= 4 is 12.1 Å². The lowest BCUT2D eigenvalue weighted by molar-refractivity contribution is -0.117. The Labute approximate surface area is 70.0 Å². The molecule has 1 heterocycles. The first-order valence-electron chi connectivity index (χ1n) is 3.58. The summed E-state index contributed by atoms with van der Waals surface area (Å²) in [5, 5.41) is 2.23. The monoisotopic (exact) mass is 173 g/mol. The van der Waals surface area contributed by atoms with Gasteiger partial charge in [0.2, 0.25) is 0 Å². The molecule has 5 heteroatoms. The number of carbonyl (C=O) groups is 2. The number of rotatable bonds is 1. The van der Waals surface area contributed by atoms with Gasteiger partial charge < -0.3 is 9.47 Å². The summed E-state index contributed by atoms with van der Waals surface area (Å²) in [5.74, 6) is -0.430. The van der Waals surface area contributed by atoms with E-state index in [0.29, 0.717) is 0 Å². The van der Waals surface area contributed by atoms with Crippen LogP contribution in [0.15, 0.2) is 0 Å². The van der Waals surface area contributed by atoms with E-state index in [4.69, 9.17) is 4.74 Å². The van der Waals surface area contributed by atoms with Crippen molar-refractivity contribution in [3.8, 4) is 0 Å². The highest BCUT2D eigenvalue weighted by molar-refractivity contribution is 5.90. The molecule has 0 aromatic rings. The van der Waals surface area contributed by atoms with Gasteiger partial charge in [-0.2, -0.15) is 0 Å². The number of cyclic esters (lactones) is 1. The number of amides is 1. The van der Waals surface area contributed by atoms with Crippen molar-refractivity contribution < 1.29 is 19.1 Å². The molecule has 0 aromatic heterocycles.